The van der Waals surface area contributed by atoms with Crippen molar-refractivity contribution in [3.05, 3.63) is 89.0 Å². The van der Waals surface area contributed by atoms with Crippen molar-refractivity contribution in [1.29, 1.82) is 0 Å². The van der Waals surface area contributed by atoms with E-state index in [1.54, 1.807) is 23.3 Å². The van der Waals surface area contributed by atoms with Gasteiger partial charge in [0.05, 0.1) is 0 Å². The van der Waals surface area contributed by atoms with Crippen molar-refractivity contribution in [3.63, 3.8) is 0 Å². The molecule has 0 atom stereocenters. The van der Waals surface area contributed by atoms with Crippen LogP contribution in [0.1, 0.15) is 42.0 Å². The second-order valence-corrected chi connectivity index (χ2v) is 10.7. The third kappa shape index (κ3) is 8.87. The Bertz CT molecular complexity index is 747. The maximum absolute atomic E-state index is 3.45. The van der Waals surface area contributed by atoms with Gasteiger partial charge >= 0.3 is 55.3 Å². The smallest absolute Gasteiger partial charge is 0.0253 e. The van der Waals surface area contributed by atoms with Crippen LogP contribution in [0.3, 0.4) is 0 Å². The SMILES string of the molecule is CCCC[SiH]=[Zr+2].Cc1[c-]c2c(cc1)-c1ccc(C)cc1C2.[Cl-].[Cl-].c1cc[cH-]c1. The van der Waals surface area contributed by atoms with Crippen LogP contribution in [0.25, 0.3) is 11.1 Å². The summed E-state index contributed by atoms with van der Waals surface area (Å²) in [5.74, 6) is 0. The number of halogens is 2. The van der Waals surface area contributed by atoms with Crippen molar-refractivity contribution < 1.29 is 48.1 Å². The Morgan fingerprint density at radius 2 is 1.71 bits per heavy atom. The Labute approximate surface area is 199 Å². The van der Waals surface area contributed by atoms with Crippen molar-refractivity contribution >= 4 is 6.16 Å². The Balaban J connectivity index is 0.000000473. The van der Waals surface area contributed by atoms with Crippen LogP contribution in [0.4, 0.5) is 0 Å². The van der Waals surface area contributed by atoms with Crippen LogP contribution in [0.5, 0.6) is 0 Å². The van der Waals surface area contributed by atoms with Crippen LogP contribution in [0, 0.1) is 19.9 Å². The van der Waals surface area contributed by atoms with Gasteiger partial charge in [0, 0.05) is 0 Å². The first-order valence-corrected chi connectivity index (χ1v) is 15.1. The molecule has 3 aromatic rings. The quantitative estimate of drug-likeness (QED) is 0.212. The summed E-state index contributed by atoms with van der Waals surface area (Å²) in [4.78, 5) is 0. The molecule has 4 heteroatoms. The summed E-state index contributed by atoms with van der Waals surface area (Å²) in [6, 6.07) is 26.1. The number of rotatable bonds is 3. The van der Waals surface area contributed by atoms with E-state index in [1.165, 1.54) is 52.3 Å². The molecule has 0 N–H and O–H groups in total. The molecule has 148 valence electrons. The van der Waals surface area contributed by atoms with E-state index >= 15 is 0 Å². The molecular weight excluding hydrogens is 478 g/mol. The Kier molecular flexibility index (Phi) is 15.0. The number of aryl methyl sites for hydroxylation is 2. The van der Waals surface area contributed by atoms with Crippen molar-refractivity contribution in [3.8, 4) is 11.1 Å². The Morgan fingerprint density at radius 3 is 2.25 bits per heavy atom. The molecule has 0 radical (unpaired) electrons. The molecule has 0 unspecified atom stereocenters. The molecule has 0 bridgehead atoms. The van der Waals surface area contributed by atoms with E-state index in [1.807, 2.05) is 30.3 Å². The van der Waals surface area contributed by atoms with E-state index in [9.17, 15) is 0 Å². The van der Waals surface area contributed by atoms with Crippen LogP contribution in [0.15, 0.2) is 60.7 Å². The van der Waals surface area contributed by atoms with Crippen molar-refractivity contribution in [1.82, 2.24) is 0 Å². The summed E-state index contributed by atoms with van der Waals surface area (Å²) in [5.41, 5.74) is 8.15. The van der Waals surface area contributed by atoms with Gasteiger partial charge in [-0.05, 0) is 18.9 Å². The first kappa shape index (κ1) is 27.5. The van der Waals surface area contributed by atoms with Crippen LogP contribution < -0.4 is 24.8 Å². The van der Waals surface area contributed by atoms with E-state index < -0.39 is 0 Å². The molecule has 0 saturated carbocycles. The van der Waals surface area contributed by atoms with E-state index in [4.69, 9.17) is 0 Å². The van der Waals surface area contributed by atoms with E-state index in [2.05, 4.69) is 57.2 Å². The van der Waals surface area contributed by atoms with Crippen LogP contribution >= 0.6 is 0 Å². The molecule has 0 heterocycles. The van der Waals surface area contributed by atoms with Gasteiger partial charge < -0.3 is 24.8 Å². The molecule has 4 rings (SSSR count). The van der Waals surface area contributed by atoms with Gasteiger partial charge in [-0.3, -0.25) is 0 Å². The summed E-state index contributed by atoms with van der Waals surface area (Å²) in [5, 5.41) is 0. The van der Waals surface area contributed by atoms with Crippen LogP contribution in [-0.2, 0) is 29.8 Å². The molecule has 0 spiro atoms. The largest absolute Gasteiger partial charge is 1.00 e. The standard InChI is InChI=1S/C15H13.C5H5.C4H10Si.2ClH.Zr/c1-10-3-5-14-12(7-10)9-13-8-11(2)4-6-15(13)14;1-2-4-5-3-1;1-2-3-4-5;;;/h3-7H,9H2,1-2H3;1-5H;5H,2-4H2,1H3;2*1H;/q2*-1;;;;+2/p-2. The van der Waals surface area contributed by atoms with E-state index in [0.717, 1.165) is 12.6 Å². The normalized spacial score (nSPS) is 9.89. The van der Waals surface area contributed by atoms with E-state index in [-0.39, 0.29) is 24.8 Å². The topological polar surface area (TPSA) is 0 Å². The van der Waals surface area contributed by atoms with Crippen LogP contribution in [0.2, 0.25) is 6.04 Å². The van der Waals surface area contributed by atoms with E-state index in [0.29, 0.717) is 0 Å². The fourth-order valence-corrected chi connectivity index (χ4v) is 5.11. The number of hydrogen-bond donors (Lipinski definition) is 0. The second-order valence-electron chi connectivity index (χ2n) is 6.68. The van der Waals surface area contributed by atoms with Crippen molar-refractivity contribution in [2.75, 3.05) is 0 Å². The molecule has 0 aromatic heterocycles. The summed E-state index contributed by atoms with van der Waals surface area (Å²) < 4.78 is 0. The average Bonchev–Trinajstić information content (AvgIpc) is 3.30. The van der Waals surface area contributed by atoms with Gasteiger partial charge in [-0.15, -0.1) is 11.1 Å². The Morgan fingerprint density at radius 1 is 1.04 bits per heavy atom. The number of benzene rings is 2. The fraction of sp³-hybridized carbons (Fsp3) is 0.292. The summed E-state index contributed by atoms with van der Waals surface area (Å²) >= 11 is 1.78. The molecule has 0 saturated heterocycles. The summed E-state index contributed by atoms with van der Waals surface area (Å²) in [6.07, 6.45) is 4.79. The molecule has 0 aliphatic heterocycles. The number of hydrogen-bond acceptors (Lipinski definition) is 0. The summed E-state index contributed by atoms with van der Waals surface area (Å²) in [6.45, 7) is 6.51. The Hall–Kier alpha value is -0.530. The minimum atomic E-state index is 0. The maximum atomic E-state index is 3.45. The minimum Gasteiger partial charge on any atom is -1.00 e. The maximum Gasteiger partial charge on any atom is -0.0253 e. The van der Waals surface area contributed by atoms with Crippen molar-refractivity contribution in [2.24, 2.45) is 0 Å². The van der Waals surface area contributed by atoms with Crippen LogP contribution in [-0.4, -0.2) is 6.16 Å². The van der Waals surface area contributed by atoms with Gasteiger partial charge in [0.25, 0.3) is 0 Å². The number of unbranched alkanes of at least 4 members (excludes halogenated alkanes) is 1. The molecule has 3 aromatic carbocycles. The molecule has 28 heavy (non-hydrogen) atoms. The number of fused-ring (bicyclic) bond motifs is 3. The van der Waals surface area contributed by atoms with Gasteiger partial charge in [0.15, 0.2) is 0 Å². The molecule has 0 amide bonds. The predicted octanol–water partition coefficient (Wildman–Crippen LogP) is 0.191. The third-order valence-electron chi connectivity index (χ3n) is 4.35. The second kappa shape index (κ2) is 15.3. The van der Waals surface area contributed by atoms with Gasteiger partial charge in [-0.1, -0.05) is 36.2 Å². The van der Waals surface area contributed by atoms with Gasteiger partial charge in [0.1, 0.15) is 0 Å². The minimum absolute atomic E-state index is 0. The first-order valence-electron chi connectivity index (χ1n) is 9.43. The summed E-state index contributed by atoms with van der Waals surface area (Å²) in [7, 11) is 0. The molecule has 0 nitrogen and oxygen atoms in total. The molecular formula is C24H28Cl2SiZr-2. The fourth-order valence-electron chi connectivity index (χ4n) is 3.00. The zero-order valence-corrected chi connectivity index (χ0v) is 22.1. The molecule has 0 fully saturated rings. The zero-order valence-electron chi connectivity index (χ0n) is 16.9. The third-order valence-corrected chi connectivity index (χ3v) is 7.17. The molecule has 1 aliphatic rings. The van der Waals surface area contributed by atoms with Gasteiger partial charge in [-0.2, -0.15) is 42.0 Å². The van der Waals surface area contributed by atoms with Gasteiger partial charge in [0.2, 0.25) is 0 Å². The monoisotopic (exact) mass is 504 g/mol. The zero-order chi connectivity index (χ0) is 18.8. The molecule has 1 aliphatic carbocycles. The predicted molar refractivity (Wildman–Crippen MR) is 112 cm³/mol. The first-order chi connectivity index (χ1) is 12.7. The van der Waals surface area contributed by atoms with Gasteiger partial charge in [-0.25, -0.2) is 12.1 Å². The van der Waals surface area contributed by atoms with Crippen molar-refractivity contribution in [2.45, 2.75) is 46.1 Å². The average molecular weight is 507 g/mol.